The fourth-order valence-corrected chi connectivity index (χ4v) is 2.23. The van der Waals surface area contributed by atoms with Crippen molar-refractivity contribution in [2.75, 3.05) is 0 Å². The molecular formula is C12H15N3O7. The lowest BCUT2D eigenvalue weighted by Crippen LogP contribution is -2.52. The number of allylic oxidation sites excluding steroid dienone is 3. The highest BCUT2D eigenvalue weighted by Gasteiger charge is 2.58. The first-order chi connectivity index (χ1) is 10.1. The van der Waals surface area contributed by atoms with Crippen LogP contribution in [0.2, 0.25) is 0 Å². The van der Waals surface area contributed by atoms with Crippen molar-refractivity contribution in [2.45, 2.75) is 25.3 Å². The van der Waals surface area contributed by atoms with E-state index in [1.165, 1.54) is 0 Å². The third kappa shape index (κ3) is 3.11. The summed E-state index contributed by atoms with van der Waals surface area (Å²) in [6.07, 6.45) is 0.613. The van der Waals surface area contributed by atoms with Gasteiger partial charge in [0.1, 0.15) is 0 Å². The summed E-state index contributed by atoms with van der Waals surface area (Å²) in [5.74, 6) is -4.11. The maximum Gasteiger partial charge on any atom is 0.328 e. The summed E-state index contributed by atoms with van der Waals surface area (Å²) in [5, 5.41) is 29.1. The smallest absolute Gasteiger partial charge is 0.328 e. The second kappa shape index (κ2) is 6.35. The van der Waals surface area contributed by atoms with Crippen LogP contribution in [-0.2, 0) is 14.4 Å². The SMILES string of the molecule is NC1=CC=C([N+](=O)[O-])C(C(=O)O)(C(=O)[C@@H](N)CCC(=O)O)C1. The van der Waals surface area contributed by atoms with Crippen molar-refractivity contribution in [3.63, 3.8) is 0 Å². The first-order valence-corrected chi connectivity index (χ1v) is 6.19. The summed E-state index contributed by atoms with van der Waals surface area (Å²) in [6.45, 7) is 0. The molecule has 6 N–H and O–H groups in total. The Bertz CT molecular complexity index is 596. The van der Waals surface area contributed by atoms with Crippen molar-refractivity contribution in [3.8, 4) is 0 Å². The summed E-state index contributed by atoms with van der Waals surface area (Å²) in [6, 6.07) is -1.47. The van der Waals surface area contributed by atoms with Gasteiger partial charge in [-0.1, -0.05) is 0 Å². The van der Waals surface area contributed by atoms with Crippen LogP contribution in [0, 0.1) is 15.5 Å². The molecule has 2 atom stereocenters. The van der Waals surface area contributed by atoms with E-state index in [0.717, 1.165) is 12.2 Å². The van der Waals surface area contributed by atoms with E-state index in [4.69, 9.17) is 16.6 Å². The van der Waals surface area contributed by atoms with Crippen LogP contribution in [0.4, 0.5) is 0 Å². The van der Waals surface area contributed by atoms with Gasteiger partial charge in [-0.05, 0) is 12.5 Å². The molecule has 1 aliphatic carbocycles. The topological polar surface area (TPSA) is 187 Å². The van der Waals surface area contributed by atoms with Crippen molar-refractivity contribution in [1.29, 1.82) is 0 Å². The lowest BCUT2D eigenvalue weighted by atomic mass is 9.71. The molecule has 1 unspecified atom stereocenters. The van der Waals surface area contributed by atoms with Crippen molar-refractivity contribution < 1.29 is 29.5 Å². The van der Waals surface area contributed by atoms with Crippen molar-refractivity contribution >= 4 is 17.7 Å². The Labute approximate surface area is 124 Å². The molecule has 0 heterocycles. The quantitative estimate of drug-likeness (QED) is 0.265. The number of carboxylic acids is 2. The molecule has 0 fully saturated rings. The fourth-order valence-electron chi connectivity index (χ4n) is 2.23. The molecule has 0 saturated heterocycles. The van der Waals surface area contributed by atoms with Gasteiger partial charge in [0, 0.05) is 24.6 Å². The molecule has 0 saturated carbocycles. The second-order valence-electron chi connectivity index (χ2n) is 4.84. The van der Waals surface area contributed by atoms with Gasteiger partial charge in [0.05, 0.1) is 11.0 Å². The number of hydrogen-bond donors (Lipinski definition) is 4. The maximum absolute atomic E-state index is 12.4. The normalized spacial score (nSPS) is 22.2. The molecule has 0 aromatic heterocycles. The number of Topliss-reactive ketones (excluding diaryl/α,β-unsaturated/α-hetero) is 1. The first kappa shape index (κ1) is 17.3. The first-order valence-electron chi connectivity index (χ1n) is 6.19. The number of ketones is 1. The molecule has 22 heavy (non-hydrogen) atoms. The van der Waals surface area contributed by atoms with E-state index in [-0.39, 0.29) is 12.1 Å². The van der Waals surface area contributed by atoms with Gasteiger partial charge in [-0.15, -0.1) is 0 Å². The van der Waals surface area contributed by atoms with Gasteiger partial charge in [-0.25, -0.2) is 0 Å². The molecule has 120 valence electrons. The fraction of sp³-hybridized carbons (Fsp3) is 0.417. The number of aliphatic carboxylic acids is 2. The third-order valence-electron chi connectivity index (χ3n) is 3.35. The van der Waals surface area contributed by atoms with Gasteiger partial charge in [-0.3, -0.25) is 24.5 Å². The Kier molecular flexibility index (Phi) is 4.99. The van der Waals surface area contributed by atoms with Gasteiger partial charge >= 0.3 is 11.9 Å². The number of nitrogens with zero attached hydrogens (tertiary/aromatic N) is 1. The summed E-state index contributed by atoms with van der Waals surface area (Å²) >= 11 is 0. The van der Waals surface area contributed by atoms with Crippen LogP contribution in [-0.4, -0.2) is 38.9 Å². The number of nitro groups is 1. The summed E-state index contributed by atoms with van der Waals surface area (Å²) in [4.78, 5) is 44.6. The Morgan fingerprint density at radius 1 is 1.36 bits per heavy atom. The molecule has 0 aromatic carbocycles. The molecular weight excluding hydrogens is 298 g/mol. The van der Waals surface area contributed by atoms with Crippen LogP contribution in [0.3, 0.4) is 0 Å². The number of nitrogens with two attached hydrogens (primary N) is 2. The molecule has 0 aromatic rings. The maximum atomic E-state index is 12.4. The highest BCUT2D eigenvalue weighted by Crippen LogP contribution is 2.39. The average Bonchev–Trinajstić information content (AvgIpc) is 2.42. The third-order valence-corrected chi connectivity index (χ3v) is 3.35. The van der Waals surface area contributed by atoms with Gasteiger partial charge in [0.2, 0.25) is 5.41 Å². The predicted molar refractivity (Wildman–Crippen MR) is 71.9 cm³/mol. The number of carbonyl (C=O) groups is 3. The van der Waals surface area contributed by atoms with Crippen LogP contribution >= 0.6 is 0 Å². The average molecular weight is 313 g/mol. The molecule has 1 aliphatic rings. The van der Waals surface area contributed by atoms with E-state index in [1.54, 1.807) is 0 Å². The number of hydrogen-bond acceptors (Lipinski definition) is 7. The molecule has 0 bridgehead atoms. The van der Waals surface area contributed by atoms with Gasteiger partial charge < -0.3 is 21.7 Å². The Morgan fingerprint density at radius 2 is 1.95 bits per heavy atom. The van der Waals surface area contributed by atoms with E-state index in [9.17, 15) is 29.6 Å². The lowest BCUT2D eigenvalue weighted by Gasteiger charge is -2.29. The summed E-state index contributed by atoms with van der Waals surface area (Å²) < 4.78 is 0. The van der Waals surface area contributed by atoms with Crippen LogP contribution in [0.5, 0.6) is 0 Å². The van der Waals surface area contributed by atoms with Crippen molar-refractivity contribution in [3.05, 3.63) is 33.7 Å². The Morgan fingerprint density at radius 3 is 2.41 bits per heavy atom. The number of rotatable bonds is 7. The van der Waals surface area contributed by atoms with E-state index in [1.807, 2.05) is 0 Å². The molecule has 0 aliphatic heterocycles. The standard InChI is InChI=1S/C12H15N3O7/c13-6-1-3-8(15(21)22)12(5-6,11(19)20)10(18)7(14)2-4-9(16)17/h1,3,7H,2,4-5,13-14H2,(H,16,17)(H,19,20)/t7-,12?/m0/s1. The van der Waals surface area contributed by atoms with E-state index in [0.29, 0.717) is 0 Å². The number of carbonyl (C=O) groups excluding carboxylic acids is 1. The van der Waals surface area contributed by atoms with Crippen molar-refractivity contribution in [1.82, 2.24) is 0 Å². The second-order valence-corrected chi connectivity index (χ2v) is 4.84. The van der Waals surface area contributed by atoms with Crippen LogP contribution < -0.4 is 11.5 Å². The van der Waals surface area contributed by atoms with E-state index < -0.39 is 52.6 Å². The summed E-state index contributed by atoms with van der Waals surface area (Å²) in [5.41, 5.74) is 7.68. The molecule has 0 radical (unpaired) electrons. The molecule has 1 rings (SSSR count). The minimum Gasteiger partial charge on any atom is -0.481 e. The van der Waals surface area contributed by atoms with E-state index in [2.05, 4.69) is 0 Å². The van der Waals surface area contributed by atoms with Crippen LogP contribution in [0.1, 0.15) is 19.3 Å². The molecule has 10 nitrogen and oxygen atoms in total. The molecule has 0 spiro atoms. The highest BCUT2D eigenvalue weighted by atomic mass is 16.6. The van der Waals surface area contributed by atoms with Gasteiger partial charge in [-0.2, -0.15) is 0 Å². The van der Waals surface area contributed by atoms with Crippen molar-refractivity contribution in [2.24, 2.45) is 16.9 Å². The highest BCUT2D eigenvalue weighted by molar-refractivity contribution is 6.08. The summed E-state index contributed by atoms with van der Waals surface area (Å²) in [7, 11) is 0. The van der Waals surface area contributed by atoms with Crippen LogP contribution in [0.25, 0.3) is 0 Å². The number of carboxylic acid groups (broad SMARTS) is 2. The molecule has 0 amide bonds. The minimum absolute atomic E-state index is 0.0215. The zero-order chi connectivity index (χ0) is 17.1. The monoisotopic (exact) mass is 313 g/mol. The lowest BCUT2D eigenvalue weighted by molar-refractivity contribution is -0.437. The van der Waals surface area contributed by atoms with Gasteiger partial charge in [0.15, 0.2) is 5.78 Å². The van der Waals surface area contributed by atoms with Gasteiger partial charge in [0.25, 0.3) is 5.70 Å². The van der Waals surface area contributed by atoms with E-state index >= 15 is 0 Å². The zero-order valence-corrected chi connectivity index (χ0v) is 11.4. The Hall–Kier alpha value is -2.75. The Balaban J connectivity index is 3.26. The predicted octanol–water partition coefficient (Wildman–Crippen LogP) is -0.775. The minimum atomic E-state index is -2.51. The largest absolute Gasteiger partial charge is 0.481 e. The van der Waals surface area contributed by atoms with Crippen LogP contribution in [0.15, 0.2) is 23.5 Å². The molecule has 10 heteroatoms. The zero-order valence-electron chi connectivity index (χ0n) is 11.4.